The number of nitriles is 1. The summed E-state index contributed by atoms with van der Waals surface area (Å²) in [6.45, 7) is 2.10. The molecule has 2 aliphatic rings. The Balaban J connectivity index is 1.41. The van der Waals surface area contributed by atoms with Gasteiger partial charge in [-0.2, -0.15) is 5.26 Å². The lowest BCUT2D eigenvalue weighted by atomic mass is 9.86. The normalized spacial score (nSPS) is 22.5. The molecule has 1 aliphatic carbocycles. The second-order valence-corrected chi connectivity index (χ2v) is 7.02. The van der Waals surface area contributed by atoms with E-state index in [2.05, 4.69) is 30.3 Å². The lowest BCUT2D eigenvalue weighted by Gasteiger charge is -2.26. The van der Waals surface area contributed by atoms with Crippen molar-refractivity contribution in [2.45, 2.75) is 51.0 Å². The Hall–Kier alpha value is -1.86. The van der Waals surface area contributed by atoms with Gasteiger partial charge in [-0.15, -0.1) is 0 Å². The Morgan fingerprint density at radius 1 is 1.29 bits per heavy atom. The van der Waals surface area contributed by atoms with Crippen molar-refractivity contribution >= 4 is 5.91 Å². The van der Waals surface area contributed by atoms with E-state index in [1.165, 1.54) is 5.56 Å². The van der Waals surface area contributed by atoms with Gasteiger partial charge in [0.15, 0.2) is 0 Å². The molecule has 4 heteroatoms. The highest BCUT2D eigenvalue weighted by Gasteiger charge is 2.45. The van der Waals surface area contributed by atoms with Crippen LogP contribution in [0.15, 0.2) is 30.3 Å². The monoisotopic (exact) mass is 326 g/mol. The van der Waals surface area contributed by atoms with Crippen LogP contribution < -0.4 is 0 Å². The SMILES string of the molecule is N#CC1(C(=O)N2CC[C@@H](OCCCc3ccccc3)C2)CCCC1. The number of hydrogen-bond acceptors (Lipinski definition) is 3. The minimum atomic E-state index is -0.748. The van der Waals surface area contributed by atoms with Gasteiger partial charge < -0.3 is 9.64 Å². The summed E-state index contributed by atoms with van der Waals surface area (Å²) in [4.78, 5) is 14.6. The molecule has 0 spiro atoms. The van der Waals surface area contributed by atoms with E-state index >= 15 is 0 Å². The van der Waals surface area contributed by atoms with Crippen LogP contribution >= 0.6 is 0 Å². The van der Waals surface area contributed by atoms with E-state index in [0.717, 1.165) is 58.1 Å². The molecule has 24 heavy (non-hydrogen) atoms. The van der Waals surface area contributed by atoms with Gasteiger partial charge in [-0.1, -0.05) is 43.2 Å². The molecule has 2 fully saturated rings. The summed E-state index contributed by atoms with van der Waals surface area (Å²) >= 11 is 0. The molecule has 0 unspecified atom stereocenters. The second kappa shape index (κ2) is 7.81. The van der Waals surface area contributed by atoms with E-state index in [0.29, 0.717) is 6.54 Å². The summed E-state index contributed by atoms with van der Waals surface area (Å²) in [5.41, 5.74) is 0.587. The number of ether oxygens (including phenoxy) is 1. The zero-order chi connectivity index (χ0) is 16.8. The van der Waals surface area contributed by atoms with Crippen LogP contribution in [0, 0.1) is 16.7 Å². The van der Waals surface area contributed by atoms with E-state index in [-0.39, 0.29) is 12.0 Å². The largest absolute Gasteiger partial charge is 0.376 e. The summed E-state index contributed by atoms with van der Waals surface area (Å²) < 4.78 is 5.96. The van der Waals surface area contributed by atoms with Crippen molar-refractivity contribution in [3.63, 3.8) is 0 Å². The lowest BCUT2D eigenvalue weighted by Crippen LogP contribution is -2.41. The van der Waals surface area contributed by atoms with Crippen LogP contribution in [0.25, 0.3) is 0 Å². The molecule has 1 saturated carbocycles. The Morgan fingerprint density at radius 2 is 2.04 bits per heavy atom. The summed E-state index contributed by atoms with van der Waals surface area (Å²) in [6, 6.07) is 12.7. The Morgan fingerprint density at radius 3 is 2.75 bits per heavy atom. The first-order valence-electron chi connectivity index (χ1n) is 9.10. The smallest absolute Gasteiger partial charge is 0.243 e. The second-order valence-electron chi connectivity index (χ2n) is 7.02. The number of carbonyl (C=O) groups excluding carboxylic acids is 1. The first-order valence-corrected chi connectivity index (χ1v) is 9.10. The number of aryl methyl sites for hydroxylation is 1. The first-order chi connectivity index (χ1) is 11.7. The summed E-state index contributed by atoms with van der Waals surface area (Å²) in [5, 5.41) is 9.47. The van der Waals surface area contributed by atoms with E-state index in [1.54, 1.807) is 0 Å². The van der Waals surface area contributed by atoms with Crippen LogP contribution in [0.3, 0.4) is 0 Å². The predicted octanol–water partition coefficient (Wildman–Crippen LogP) is 3.32. The molecule has 1 saturated heterocycles. The third-order valence-corrected chi connectivity index (χ3v) is 5.32. The molecule has 128 valence electrons. The van der Waals surface area contributed by atoms with E-state index in [1.807, 2.05) is 11.0 Å². The molecule has 0 bridgehead atoms. The number of nitrogens with zero attached hydrogens (tertiary/aromatic N) is 2. The molecular formula is C20H26N2O2. The Bertz CT molecular complexity index is 587. The van der Waals surface area contributed by atoms with Crippen molar-refractivity contribution in [1.29, 1.82) is 5.26 Å². The van der Waals surface area contributed by atoms with Gasteiger partial charge in [-0.05, 0) is 37.7 Å². The van der Waals surface area contributed by atoms with Gasteiger partial charge in [0.1, 0.15) is 5.41 Å². The van der Waals surface area contributed by atoms with Crippen LogP contribution in [0.2, 0.25) is 0 Å². The fraction of sp³-hybridized carbons (Fsp3) is 0.600. The highest BCUT2D eigenvalue weighted by molar-refractivity contribution is 5.86. The highest BCUT2D eigenvalue weighted by Crippen LogP contribution is 2.39. The molecular weight excluding hydrogens is 300 g/mol. The number of carbonyl (C=O) groups is 1. The maximum Gasteiger partial charge on any atom is 0.243 e. The summed E-state index contributed by atoms with van der Waals surface area (Å²) in [6.07, 6.45) is 6.46. The van der Waals surface area contributed by atoms with Crippen molar-refractivity contribution < 1.29 is 9.53 Å². The van der Waals surface area contributed by atoms with Crippen molar-refractivity contribution in [3.05, 3.63) is 35.9 Å². The van der Waals surface area contributed by atoms with E-state index in [9.17, 15) is 10.1 Å². The van der Waals surface area contributed by atoms with Gasteiger partial charge in [0.2, 0.25) is 5.91 Å². The van der Waals surface area contributed by atoms with Crippen LogP contribution in [0.5, 0.6) is 0 Å². The van der Waals surface area contributed by atoms with Gasteiger partial charge in [0.25, 0.3) is 0 Å². The Kier molecular flexibility index (Phi) is 5.52. The van der Waals surface area contributed by atoms with E-state index < -0.39 is 5.41 Å². The van der Waals surface area contributed by atoms with Crippen molar-refractivity contribution in [2.24, 2.45) is 5.41 Å². The molecule has 1 aliphatic heterocycles. The average Bonchev–Trinajstić information content (AvgIpc) is 3.29. The molecule has 4 nitrogen and oxygen atoms in total. The standard InChI is InChI=1S/C20H26N2O2/c21-16-20(11-4-5-12-20)19(23)22-13-10-18(15-22)24-14-6-9-17-7-2-1-3-8-17/h1-3,7-8,18H,4-6,9-15H2/t18-/m1/s1. The van der Waals surface area contributed by atoms with Crippen LogP contribution in [0.4, 0.5) is 0 Å². The number of benzene rings is 1. The van der Waals surface area contributed by atoms with Gasteiger partial charge in [0.05, 0.1) is 12.2 Å². The van der Waals surface area contributed by atoms with Gasteiger partial charge in [-0.3, -0.25) is 4.79 Å². The highest BCUT2D eigenvalue weighted by atomic mass is 16.5. The van der Waals surface area contributed by atoms with E-state index in [4.69, 9.17) is 4.74 Å². The molecule has 0 radical (unpaired) electrons. The number of likely N-dealkylation sites (tertiary alicyclic amines) is 1. The van der Waals surface area contributed by atoms with Gasteiger partial charge in [0, 0.05) is 19.7 Å². The number of amides is 1. The molecule has 0 N–H and O–H groups in total. The fourth-order valence-electron chi connectivity index (χ4n) is 3.87. The number of rotatable bonds is 6. The summed E-state index contributed by atoms with van der Waals surface area (Å²) in [7, 11) is 0. The topological polar surface area (TPSA) is 53.3 Å². The molecule has 0 aromatic heterocycles. The maximum atomic E-state index is 12.7. The maximum absolute atomic E-state index is 12.7. The third-order valence-electron chi connectivity index (χ3n) is 5.32. The molecule has 1 heterocycles. The molecule has 3 rings (SSSR count). The van der Waals surface area contributed by atoms with Gasteiger partial charge in [-0.25, -0.2) is 0 Å². The van der Waals surface area contributed by atoms with Gasteiger partial charge >= 0.3 is 0 Å². The molecule has 1 amide bonds. The zero-order valence-corrected chi connectivity index (χ0v) is 14.2. The lowest BCUT2D eigenvalue weighted by molar-refractivity contribution is -0.138. The average molecular weight is 326 g/mol. The first kappa shape index (κ1) is 17.0. The van der Waals surface area contributed by atoms with Crippen LogP contribution in [-0.4, -0.2) is 36.6 Å². The molecule has 1 aromatic carbocycles. The Labute approximate surface area is 144 Å². The van der Waals surface area contributed by atoms with Crippen molar-refractivity contribution in [1.82, 2.24) is 4.90 Å². The van der Waals surface area contributed by atoms with Crippen LogP contribution in [0.1, 0.15) is 44.1 Å². The summed E-state index contributed by atoms with van der Waals surface area (Å²) in [5.74, 6) is 0.0397. The van der Waals surface area contributed by atoms with Crippen LogP contribution in [-0.2, 0) is 16.0 Å². The molecule has 1 atom stereocenters. The number of hydrogen-bond donors (Lipinski definition) is 0. The van der Waals surface area contributed by atoms with Crippen molar-refractivity contribution in [2.75, 3.05) is 19.7 Å². The zero-order valence-electron chi connectivity index (χ0n) is 14.2. The molecule has 1 aromatic rings. The minimum absolute atomic E-state index is 0.0397. The van der Waals surface area contributed by atoms with Crippen molar-refractivity contribution in [3.8, 4) is 6.07 Å². The fourth-order valence-corrected chi connectivity index (χ4v) is 3.87. The quantitative estimate of drug-likeness (QED) is 0.754. The minimum Gasteiger partial charge on any atom is -0.376 e. The third kappa shape index (κ3) is 3.79. The predicted molar refractivity (Wildman–Crippen MR) is 92.2 cm³/mol.